The Kier molecular flexibility index (Phi) is 3.79. The molecule has 0 saturated carbocycles. The minimum Gasteiger partial charge on any atom is -0.360 e. The standard InChI is InChI=1S/C13H20N4O/c1-10(2)17-9-6-12(15-13(17)18)14-11(3)16-7-4-5-8-16/h6,9-10H,4-5,7-8H2,1-3H3. The maximum absolute atomic E-state index is 11.8. The van der Waals surface area contributed by atoms with Crippen LogP contribution in [0.1, 0.15) is 39.7 Å². The van der Waals surface area contributed by atoms with E-state index in [4.69, 9.17) is 0 Å². The number of amidine groups is 1. The predicted octanol–water partition coefficient (Wildman–Crippen LogP) is 1.97. The normalized spacial score (nSPS) is 16.7. The van der Waals surface area contributed by atoms with Crippen LogP contribution in [-0.2, 0) is 0 Å². The number of likely N-dealkylation sites (tertiary alicyclic amines) is 1. The molecule has 18 heavy (non-hydrogen) atoms. The third kappa shape index (κ3) is 2.78. The first kappa shape index (κ1) is 12.8. The van der Waals surface area contributed by atoms with Crippen molar-refractivity contribution in [2.45, 2.75) is 39.7 Å². The Morgan fingerprint density at radius 3 is 2.61 bits per heavy atom. The Morgan fingerprint density at radius 1 is 1.39 bits per heavy atom. The Balaban J connectivity index is 2.21. The topological polar surface area (TPSA) is 50.5 Å². The summed E-state index contributed by atoms with van der Waals surface area (Å²) in [7, 11) is 0. The van der Waals surface area contributed by atoms with Gasteiger partial charge in [-0.25, -0.2) is 9.79 Å². The zero-order valence-corrected chi connectivity index (χ0v) is 11.3. The van der Waals surface area contributed by atoms with Gasteiger partial charge in [0.15, 0.2) is 5.82 Å². The molecule has 0 atom stereocenters. The molecule has 1 aliphatic heterocycles. The second-order valence-corrected chi connectivity index (χ2v) is 4.92. The van der Waals surface area contributed by atoms with Crippen molar-refractivity contribution in [3.05, 3.63) is 22.7 Å². The molecular formula is C13H20N4O. The molecule has 0 amide bonds. The second-order valence-electron chi connectivity index (χ2n) is 4.92. The summed E-state index contributed by atoms with van der Waals surface area (Å²) >= 11 is 0. The molecule has 0 aromatic carbocycles. The van der Waals surface area contributed by atoms with Crippen molar-refractivity contribution in [2.24, 2.45) is 4.99 Å². The molecule has 2 rings (SSSR count). The maximum atomic E-state index is 11.8. The number of hydrogen-bond donors (Lipinski definition) is 0. The molecule has 0 N–H and O–H groups in total. The van der Waals surface area contributed by atoms with E-state index in [0.717, 1.165) is 18.9 Å². The second kappa shape index (κ2) is 5.33. The van der Waals surface area contributed by atoms with Crippen molar-refractivity contribution in [1.29, 1.82) is 0 Å². The first-order valence-corrected chi connectivity index (χ1v) is 6.47. The Bertz CT molecular complexity index is 498. The third-order valence-corrected chi connectivity index (χ3v) is 3.21. The van der Waals surface area contributed by atoms with Gasteiger partial charge in [-0.1, -0.05) is 0 Å². The van der Waals surface area contributed by atoms with E-state index >= 15 is 0 Å². The minimum absolute atomic E-state index is 0.128. The van der Waals surface area contributed by atoms with Gasteiger partial charge in [0.2, 0.25) is 0 Å². The van der Waals surface area contributed by atoms with Gasteiger partial charge in [-0.05, 0) is 39.7 Å². The quantitative estimate of drug-likeness (QED) is 0.594. The average Bonchev–Trinajstić information content (AvgIpc) is 2.81. The molecule has 1 aromatic rings. The highest BCUT2D eigenvalue weighted by Gasteiger charge is 2.13. The van der Waals surface area contributed by atoms with Gasteiger partial charge < -0.3 is 4.90 Å². The largest absolute Gasteiger partial charge is 0.360 e. The lowest BCUT2D eigenvalue weighted by molar-refractivity contribution is 0.516. The summed E-state index contributed by atoms with van der Waals surface area (Å²) in [5.41, 5.74) is -0.236. The van der Waals surface area contributed by atoms with Crippen LogP contribution in [0.25, 0.3) is 0 Å². The van der Waals surface area contributed by atoms with Crippen molar-refractivity contribution < 1.29 is 0 Å². The highest BCUT2D eigenvalue weighted by atomic mass is 16.1. The van der Waals surface area contributed by atoms with E-state index in [1.54, 1.807) is 16.8 Å². The number of aliphatic imine (C=N–C) groups is 1. The summed E-state index contributed by atoms with van der Waals surface area (Å²) < 4.78 is 1.60. The Hall–Kier alpha value is -1.65. The summed E-state index contributed by atoms with van der Waals surface area (Å²) in [4.78, 5) is 22.4. The molecule has 0 radical (unpaired) electrons. The zero-order chi connectivity index (χ0) is 13.1. The summed E-state index contributed by atoms with van der Waals surface area (Å²) in [6.07, 6.45) is 4.20. The van der Waals surface area contributed by atoms with Gasteiger partial charge in [-0.2, -0.15) is 4.98 Å². The SMILES string of the molecule is CC(=Nc1ccn(C(C)C)c(=O)n1)N1CCCC1. The summed E-state index contributed by atoms with van der Waals surface area (Å²) in [6, 6.07) is 1.92. The number of hydrogen-bond acceptors (Lipinski definition) is 3. The molecular weight excluding hydrogens is 228 g/mol. The van der Waals surface area contributed by atoms with Crippen LogP contribution in [0.3, 0.4) is 0 Å². The van der Waals surface area contributed by atoms with Crippen LogP contribution in [0.4, 0.5) is 5.82 Å². The monoisotopic (exact) mass is 248 g/mol. The van der Waals surface area contributed by atoms with Gasteiger partial charge in [-0.3, -0.25) is 4.57 Å². The van der Waals surface area contributed by atoms with Crippen LogP contribution in [0.5, 0.6) is 0 Å². The van der Waals surface area contributed by atoms with Crippen molar-refractivity contribution in [3.63, 3.8) is 0 Å². The Labute approximate surface area is 107 Å². The molecule has 0 unspecified atom stereocenters. The lowest BCUT2D eigenvalue weighted by Crippen LogP contribution is -2.26. The van der Waals surface area contributed by atoms with E-state index in [1.165, 1.54) is 12.8 Å². The van der Waals surface area contributed by atoms with Crippen LogP contribution in [0.15, 0.2) is 22.1 Å². The zero-order valence-electron chi connectivity index (χ0n) is 11.3. The van der Waals surface area contributed by atoms with Gasteiger partial charge in [0, 0.05) is 25.3 Å². The van der Waals surface area contributed by atoms with Crippen molar-refractivity contribution in [3.8, 4) is 0 Å². The van der Waals surface area contributed by atoms with E-state index in [2.05, 4.69) is 14.9 Å². The molecule has 5 heteroatoms. The smallest absolute Gasteiger partial charge is 0.349 e. The highest BCUT2D eigenvalue weighted by Crippen LogP contribution is 2.12. The maximum Gasteiger partial charge on any atom is 0.349 e. The first-order valence-electron chi connectivity index (χ1n) is 6.47. The van der Waals surface area contributed by atoms with E-state index < -0.39 is 0 Å². The lowest BCUT2D eigenvalue weighted by atomic mass is 10.4. The van der Waals surface area contributed by atoms with Gasteiger partial charge in [0.25, 0.3) is 0 Å². The molecule has 1 saturated heterocycles. The molecule has 98 valence electrons. The third-order valence-electron chi connectivity index (χ3n) is 3.21. The van der Waals surface area contributed by atoms with Gasteiger partial charge in [0.05, 0.1) is 0 Å². The van der Waals surface area contributed by atoms with Gasteiger partial charge in [0.1, 0.15) is 5.84 Å². The first-order chi connectivity index (χ1) is 8.58. The molecule has 2 heterocycles. The predicted molar refractivity (Wildman–Crippen MR) is 72.5 cm³/mol. The van der Waals surface area contributed by atoms with Crippen molar-refractivity contribution in [2.75, 3.05) is 13.1 Å². The summed E-state index contributed by atoms with van der Waals surface area (Å²) in [5, 5.41) is 0. The van der Waals surface area contributed by atoms with E-state index in [1.807, 2.05) is 20.8 Å². The Morgan fingerprint density at radius 2 is 2.06 bits per heavy atom. The van der Waals surface area contributed by atoms with E-state index in [-0.39, 0.29) is 11.7 Å². The van der Waals surface area contributed by atoms with E-state index in [0.29, 0.717) is 5.82 Å². The highest BCUT2D eigenvalue weighted by molar-refractivity contribution is 5.82. The molecule has 1 fully saturated rings. The van der Waals surface area contributed by atoms with E-state index in [9.17, 15) is 4.79 Å². The molecule has 0 bridgehead atoms. The molecule has 1 aliphatic rings. The molecule has 5 nitrogen and oxygen atoms in total. The van der Waals surface area contributed by atoms with Crippen LogP contribution in [0, 0.1) is 0 Å². The fourth-order valence-electron chi connectivity index (χ4n) is 2.14. The fourth-order valence-corrected chi connectivity index (χ4v) is 2.14. The van der Waals surface area contributed by atoms with Crippen LogP contribution in [0.2, 0.25) is 0 Å². The summed E-state index contributed by atoms with van der Waals surface area (Å²) in [5.74, 6) is 1.45. The average molecular weight is 248 g/mol. The molecule has 0 spiro atoms. The minimum atomic E-state index is -0.236. The number of nitrogens with zero attached hydrogens (tertiary/aromatic N) is 4. The van der Waals surface area contributed by atoms with Gasteiger partial charge >= 0.3 is 5.69 Å². The van der Waals surface area contributed by atoms with Crippen LogP contribution >= 0.6 is 0 Å². The molecule has 0 aliphatic carbocycles. The van der Waals surface area contributed by atoms with Crippen molar-refractivity contribution >= 4 is 11.7 Å². The fraction of sp³-hybridized carbons (Fsp3) is 0.615. The summed E-state index contributed by atoms with van der Waals surface area (Å²) in [6.45, 7) is 8.00. The lowest BCUT2D eigenvalue weighted by Gasteiger charge is -2.16. The number of aromatic nitrogens is 2. The van der Waals surface area contributed by atoms with Crippen molar-refractivity contribution in [1.82, 2.24) is 14.5 Å². The van der Waals surface area contributed by atoms with Crippen LogP contribution in [-0.4, -0.2) is 33.4 Å². The van der Waals surface area contributed by atoms with Gasteiger partial charge in [-0.15, -0.1) is 0 Å². The number of rotatable bonds is 2. The molecule has 1 aromatic heterocycles. The van der Waals surface area contributed by atoms with Crippen LogP contribution < -0.4 is 5.69 Å².